The van der Waals surface area contributed by atoms with Crippen LogP contribution in [0.4, 0.5) is 5.95 Å². The van der Waals surface area contributed by atoms with Gasteiger partial charge in [0.2, 0.25) is 5.95 Å². The molecule has 2 aromatic rings. The molecule has 1 aromatic carbocycles. The minimum absolute atomic E-state index is 0.751. The minimum atomic E-state index is 0.751. The van der Waals surface area contributed by atoms with E-state index < -0.39 is 0 Å². The first-order valence-corrected chi connectivity index (χ1v) is 5.37. The lowest BCUT2D eigenvalue weighted by atomic mass is 10.2. The Kier molecular flexibility index (Phi) is 2.02. The van der Waals surface area contributed by atoms with Crippen molar-refractivity contribution in [2.45, 2.75) is 12.8 Å². The number of nitrogens with one attached hydrogen (secondary N) is 1. The van der Waals surface area contributed by atoms with E-state index in [-0.39, 0.29) is 0 Å². The molecular formula is C12H13N3. The second-order valence-corrected chi connectivity index (χ2v) is 4.08. The molecule has 0 bridgehead atoms. The topological polar surface area (TPSA) is 37.8 Å². The number of benzene rings is 1. The SMILES string of the molecule is c1ccc2nc(NCC3CC3)ncc2c1. The lowest BCUT2D eigenvalue weighted by Crippen LogP contribution is -2.06. The largest absolute Gasteiger partial charge is 0.354 e. The summed E-state index contributed by atoms with van der Waals surface area (Å²) >= 11 is 0. The molecule has 3 nitrogen and oxygen atoms in total. The average molecular weight is 199 g/mol. The fourth-order valence-corrected chi connectivity index (χ4v) is 1.61. The van der Waals surface area contributed by atoms with Gasteiger partial charge in [0, 0.05) is 18.1 Å². The van der Waals surface area contributed by atoms with Gasteiger partial charge >= 0.3 is 0 Å². The molecule has 1 N–H and O–H groups in total. The van der Waals surface area contributed by atoms with E-state index in [9.17, 15) is 0 Å². The van der Waals surface area contributed by atoms with Crippen LogP contribution in [0.15, 0.2) is 30.5 Å². The van der Waals surface area contributed by atoms with Gasteiger partial charge in [-0.15, -0.1) is 0 Å². The monoisotopic (exact) mass is 199 g/mol. The lowest BCUT2D eigenvalue weighted by molar-refractivity contribution is 0.876. The summed E-state index contributed by atoms with van der Waals surface area (Å²) in [5.41, 5.74) is 1.01. The normalized spacial score (nSPS) is 15.5. The van der Waals surface area contributed by atoms with Crippen molar-refractivity contribution in [1.82, 2.24) is 9.97 Å². The van der Waals surface area contributed by atoms with Crippen molar-refractivity contribution in [2.75, 3.05) is 11.9 Å². The van der Waals surface area contributed by atoms with Gasteiger partial charge in [-0.05, 0) is 24.8 Å². The van der Waals surface area contributed by atoms with E-state index in [1.807, 2.05) is 30.5 Å². The quantitative estimate of drug-likeness (QED) is 0.825. The molecule has 0 atom stereocenters. The van der Waals surface area contributed by atoms with Crippen LogP contribution in [-0.4, -0.2) is 16.5 Å². The highest BCUT2D eigenvalue weighted by Crippen LogP contribution is 2.28. The zero-order valence-corrected chi connectivity index (χ0v) is 8.48. The smallest absolute Gasteiger partial charge is 0.223 e. The van der Waals surface area contributed by atoms with E-state index in [1.54, 1.807) is 0 Å². The number of anilines is 1. The third-order valence-corrected chi connectivity index (χ3v) is 2.73. The summed E-state index contributed by atoms with van der Waals surface area (Å²) in [4.78, 5) is 8.74. The van der Waals surface area contributed by atoms with Crippen LogP contribution in [0.1, 0.15) is 12.8 Å². The van der Waals surface area contributed by atoms with Crippen LogP contribution in [0, 0.1) is 5.92 Å². The van der Waals surface area contributed by atoms with Crippen molar-refractivity contribution in [1.29, 1.82) is 0 Å². The number of para-hydroxylation sites is 1. The summed E-state index contributed by atoms with van der Waals surface area (Å²) in [5.74, 6) is 1.60. The predicted octanol–water partition coefficient (Wildman–Crippen LogP) is 2.45. The molecular weight excluding hydrogens is 186 g/mol. The van der Waals surface area contributed by atoms with Gasteiger partial charge in [0.15, 0.2) is 0 Å². The Morgan fingerprint density at radius 2 is 2.13 bits per heavy atom. The van der Waals surface area contributed by atoms with Crippen molar-refractivity contribution in [2.24, 2.45) is 5.92 Å². The van der Waals surface area contributed by atoms with Crippen LogP contribution >= 0.6 is 0 Å². The molecule has 0 aliphatic heterocycles. The van der Waals surface area contributed by atoms with E-state index in [2.05, 4.69) is 15.3 Å². The summed E-state index contributed by atoms with van der Waals surface area (Å²) < 4.78 is 0. The molecule has 15 heavy (non-hydrogen) atoms. The molecule has 0 amide bonds. The zero-order valence-electron chi connectivity index (χ0n) is 8.48. The Bertz CT molecular complexity index is 477. The van der Waals surface area contributed by atoms with Crippen LogP contribution < -0.4 is 5.32 Å². The van der Waals surface area contributed by atoms with E-state index in [1.165, 1.54) is 12.8 Å². The lowest BCUT2D eigenvalue weighted by Gasteiger charge is -2.03. The summed E-state index contributed by atoms with van der Waals surface area (Å²) in [6, 6.07) is 8.04. The van der Waals surface area contributed by atoms with Gasteiger partial charge in [0.25, 0.3) is 0 Å². The molecule has 0 radical (unpaired) electrons. The van der Waals surface area contributed by atoms with Gasteiger partial charge in [-0.3, -0.25) is 0 Å². The number of fused-ring (bicyclic) bond motifs is 1. The van der Waals surface area contributed by atoms with Crippen LogP contribution in [-0.2, 0) is 0 Å². The highest BCUT2D eigenvalue weighted by molar-refractivity contribution is 5.78. The average Bonchev–Trinajstić information content (AvgIpc) is 3.10. The first-order chi connectivity index (χ1) is 7.42. The molecule has 1 aromatic heterocycles. The van der Waals surface area contributed by atoms with Gasteiger partial charge in [-0.1, -0.05) is 18.2 Å². The van der Waals surface area contributed by atoms with Gasteiger partial charge in [-0.25, -0.2) is 9.97 Å². The Morgan fingerprint density at radius 1 is 1.27 bits per heavy atom. The molecule has 3 rings (SSSR count). The molecule has 1 saturated carbocycles. The maximum absolute atomic E-state index is 4.45. The Hall–Kier alpha value is -1.64. The van der Waals surface area contributed by atoms with E-state index in [0.717, 1.165) is 29.3 Å². The summed E-state index contributed by atoms with van der Waals surface area (Å²) in [7, 11) is 0. The van der Waals surface area contributed by atoms with Gasteiger partial charge in [0.05, 0.1) is 5.52 Å². The molecule has 3 heteroatoms. The number of hydrogen-bond acceptors (Lipinski definition) is 3. The van der Waals surface area contributed by atoms with Crippen LogP contribution in [0.3, 0.4) is 0 Å². The molecule has 1 aliphatic rings. The standard InChI is InChI=1S/C12H13N3/c1-2-4-11-10(3-1)8-14-12(15-11)13-7-9-5-6-9/h1-4,8-9H,5-7H2,(H,13,14,15). The molecule has 76 valence electrons. The first kappa shape index (κ1) is 8.65. The van der Waals surface area contributed by atoms with Crippen molar-refractivity contribution in [3.05, 3.63) is 30.5 Å². The number of aromatic nitrogens is 2. The predicted molar refractivity (Wildman–Crippen MR) is 60.8 cm³/mol. The number of hydrogen-bond donors (Lipinski definition) is 1. The van der Waals surface area contributed by atoms with Crippen molar-refractivity contribution >= 4 is 16.9 Å². The zero-order chi connectivity index (χ0) is 10.1. The number of rotatable bonds is 3. The molecule has 1 aliphatic carbocycles. The third-order valence-electron chi connectivity index (χ3n) is 2.73. The highest BCUT2D eigenvalue weighted by atomic mass is 15.1. The second-order valence-electron chi connectivity index (χ2n) is 4.08. The van der Waals surface area contributed by atoms with E-state index >= 15 is 0 Å². The molecule has 0 saturated heterocycles. The highest BCUT2D eigenvalue weighted by Gasteiger charge is 2.20. The fourth-order valence-electron chi connectivity index (χ4n) is 1.61. The van der Waals surface area contributed by atoms with Crippen molar-refractivity contribution in [3.8, 4) is 0 Å². The summed E-state index contributed by atoms with van der Waals surface area (Å²) in [6.45, 7) is 1.01. The van der Waals surface area contributed by atoms with Crippen LogP contribution in [0.2, 0.25) is 0 Å². The Morgan fingerprint density at radius 3 is 3.00 bits per heavy atom. The first-order valence-electron chi connectivity index (χ1n) is 5.37. The number of nitrogens with zero attached hydrogens (tertiary/aromatic N) is 2. The summed E-state index contributed by atoms with van der Waals surface area (Å²) in [5, 5.41) is 4.37. The van der Waals surface area contributed by atoms with E-state index in [4.69, 9.17) is 0 Å². The summed E-state index contributed by atoms with van der Waals surface area (Å²) in [6.07, 6.45) is 4.57. The van der Waals surface area contributed by atoms with Crippen LogP contribution in [0.25, 0.3) is 10.9 Å². The van der Waals surface area contributed by atoms with E-state index in [0.29, 0.717) is 0 Å². The minimum Gasteiger partial charge on any atom is -0.354 e. The third kappa shape index (κ3) is 1.91. The molecule has 0 spiro atoms. The van der Waals surface area contributed by atoms with Crippen molar-refractivity contribution in [3.63, 3.8) is 0 Å². The molecule has 1 fully saturated rings. The van der Waals surface area contributed by atoms with Crippen LogP contribution in [0.5, 0.6) is 0 Å². The molecule has 1 heterocycles. The van der Waals surface area contributed by atoms with Gasteiger partial charge in [0.1, 0.15) is 0 Å². The van der Waals surface area contributed by atoms with Crippen molar-refractivity contribution < 1.29 is 0 Å². The Balaban J connectivity index is 1.84. The van der Waals surface area contributed by atoms with Gasteiger partial charge < -0.3 is 5.32 Å². The maximum Gasteiger partial charge on any atom is 0.223 e. The van der Waals surface area contributed by atoms with Gasteiger partial charge in [-0.2, -0.15) is 0 Å². The maximum atomic E-state index is 4.45. The fraction of sp³-hybridized carbons (Fsp3) is 0.333. The molecule has 0 unspecified atom stereocenters. The second kappa shape index (κ2) is 3.50. The Labute approximate surface area is 88.6 Å².